The summed E-state index contributed by atoms with van der Waals surface area (Å²) in [5.41, 5.74) is 0.851. The van der Waals surface area contributed by atoms with Crippen LogP contribution in [0.2, 0.25) is 0 Å². The Morgan fingerprint density at radius 1 is 1.37 bits per heavy atom. The Balaban J connectivity index is 3.07. The van der Waals surface area contributed by atoms with E-state index in [1.807, 2.05) is 0 Å². The molecule has 0 N–H and O–H groups in total. The van der Waals surface area contributed by atoms with Crippen LogP contribution in [-0.4, -0.2) is 33.0 Å². The van der Waals surface area contributed by atoms with Gasteiger partial charge < -0.3 is 4.74 Å². The van der Waals surface area contributed by atoms with Crippen molar-refractivity contribution in [3.05, 3.63) is 24.4 Å². The minimum Gasteiger partial charge on any atom is -0.440 e. The second kappa shape index (κ2) is 5.82. The van der Waals surface area contributed by atoms with E-state index in [-0.39, 0.29) is 15.9 Å². The van der Waals surface area contributed by atoms with E-state index in [1.54, 1.807) is 24.0 Å². The van der Waals surface area contributed by atoms with Gasteiger partial charge in [-0.05, 0) is 11.6 Å². The van der Waals surface area contributed by atoms with Gasteiger partial charge in [-0.15, -0.1) is 11.8 Å². The molecule has 0 spiro atoms. The van der Waals surface area contributed by atoms with Crippen LogP contribution in [0.3, 0.4) is 0 Å². The van der Waals surface area contributed by atoms with Gasteiger partial charge in [-0.3, -0.25) is 14.5 Å². The summed E-state index contributed by atoms with van der Waals surface area (Å²) in [5, 5.41) is -0.155. The molecule has 19 heavy (non-hydrogen) atoms. The number of amides is 1. The third-order valence-electron chi connectivity index (χ3n) is 2.48. The highest BCUT2D eigenvalue weighted by molar-refractivity contribution is 8.01. The predicted molar refractivity (Wildman–Crippen MR) is 77.5 cm³/mol. The summed E-state index contributed by atoms with van der Waals surface area (Å²) in [5.74, 6) is -0.562. The molecule has 2 atom stereocenters. The molecular formula is C14H21NO3S. The molecule has 0 saturated carbocycles. The molecule has 0 saturated heterocycles. The lowest BCUT2D eigenvalue weighted by atomic mass is 10.1. The van der Waals surface area contributed by atoms with Crippen molar-refractivity contribution in [2.75, 3.05) is 0 Å². The maximum atomic E-state index is 11.7. The summed E-state index contributed by atoms with van der Waals surface area (Å²) < 4.78 is 5.30. The Kier molecular flexibility index (Phi) is 4.85. The van der Waals surface area contributed by atoms with Crippen molar-refractivity contribution in [2.24, 2.45) is 0 Å². The normalized spacial score (nSPS) is 23.4. The number of rotatable bonds is 2. The Morgan fingerprint density at radius 3 is 2.37 bits per heavy atom. The molecule has 1 amide bonds. The van der Waals surface area contributed by atoms with Crippen LogP contribution in [0.4, 0.5) is 0 Å². The Labute approximate surface area is 118 Å². The van der Waals surface area contributed by atoms with Gasteiger partial charge in [0.1, 0.15) is 0 Å². The fourth-order valence-electron chi connectivity index (χ4n) is 1.77. The lowest BCUT2D eigenvalue weighted by Gasteiger charge is -2.39. The van der Waals surface area contributed by atoms with Crippen molar-refractivity contribution in [3.63, 3.8) is 0 Å². The maximum Gasteiger partial charge on any atom is 0.304 e. The minimum absolute atomic E-state index is 0.0281. The number of hydrogen-bond donors (Lipinski definition) is 0. The van der Waals surface area contributed by atoms with Crippen LogP contribution in [-0.2, 0) is 14.3 Å². The van der Waals surface area contributed by atoms with Gasteiger partial charge in [-0.1, -0.05) is 27.4 Å². The van der Waals surface area contributed by atoms with Crippen molar-refractivity contribution in [3.8, 4) is 0 Å². The molecule has 0 aromatic rings. The maximum absolute atomic E-state index is 11.7. The van der Waals surface area contributed by atoms with E-state index in [9.17, 15) is 9.59 Å². The summed E-state index contributed by atoms with van der Waals surface area (Å²) in [6.07, 6.45) is 2.79. The van der Waals surface area contributed by atoms with Crippen molar-refractivity contribution in [2.45, 2.75) is 50.8 Å². The average Bonchev–Trinajstić information content (AvgIpc) is 2.20. The van der Waals surface area contributed by atoms with Crippen LogP contribution in [0, 0.1) is 0 Å². The van der Waals surface area contributed by atoms with Crippen LogP contribution in [0.5, 0.6) is 0 Å². The summed E-state index contributed by atoms with van der Waals surface area (Å²) >= 11 is 1.64. The molecular weight excluding hydrogens is 262 g/mol. The van der Waals surface area contributed by atoms with Crippen LogP contribution in [0.1, 0.15) is 34.6 Å². The van der Waals surface area contributed by atoms with Crippen molar-refractivity contribution < 1.29 is 14.3 Å². The SMILES string of the molecule is C=C1C=CN(C(C)=O)[C@@H](OC(C)=O)[C@H]1SC(C)(C)C. The molecule has 0 fully saturated rings. The van der Waals surface area contributed by atoms with Crippen LogP contribution in [0.25, 0.3) is 0 Å². The minimum atomic E-state index is -0.628. The number of carbonyl (C=O) groups is 2. The van der Waals surface area contributed by atoms with Gasteiger partial charge in [-0.2, -0.15) is 0 Å². The number of allylic oxidation sites excluding steroid dienone is 1. The zero-order valence-electron chi connectivity index (χ0n) is 12.1. The average molecular weight is 283 g/mol. The topological polar surface area (TPSA) is 46.6 Å². The molecule has 5 heteroatoms. The summed E-state index contributed by atoms with van der Waals surface area (Å²) in [6.45, 7) is 13.0. The zero-order chi connectivity index (χ0) is 14.8. The number of hydrogen-bond acceptors (Lipinski definition) is 4. The summed E-state index contributed by atoms with van der Waals surface area (Å²) in [6, 6.07) is 0. The number of thioether (sulfide) groups is 1. The summed E-state index contributed by atoms with van der Waals surface area (Å²) in [7, 11) is 0. The molecule has 0 aliphatic carbocycles. The highest BCUT2D eigenvalue weighted by Crippen LogP contribution is 2.38. The van der Waals surface area contributed by atoms with Gasteiger partial charge in [0.2, 0.25) is 5.91 Å². The lowest BCUT2D eigenvalue weighted by molar-refractivity contribution is -0.158. The molecule has 1 heterocycles. The fraction of sp³-hybridized carbons (Fsp3) is 0.571. The van der Waals surface area contributed by atoms with Crippen LogP contribution in [0.15, 0.2) is 24.4 Å². The van der Waals surface area contributed by atoms with E-state index in [4.69, 9.17) is 4.74 Å². The first-order chi connectivity index (χ1) is 8.61. The van der Waals surface area contributed by atoms with Gasteiger partial charge in [-0.25, -0.2) is 0 Å². The van der Waals surface area contributed by atoms with Crippen molar-refractivity contribution in [1.82, 2.24) is 4.90 Å². The first-order valence-corrected chi connectivity index (χ1v) is 7.01. The zero-order valence-corrected chi connectivity index (χ0v) is 12.9. The van der Waals surface area contributed by atoms with E-state index >= 15 is 0 Å². The van der Waals surface area contributed by atoms with Crippen molar-refractivity contribution >= 4 is 23.6 Å². The molecule has 0 aromatic heterocycles. The van der Waals surface area contributed by atoms with Gasteiger partial charge in [0.05, 0.1) is 5.25 Å². The first-order valence-electron chi connectivity index (χ1n) is 6.13. The highest BCUT2D eigenvalue weighted by atomic mass is 32.2. The molecule has 0 radical (unpaired) electrons. The molecule has 4 nitrogen and oxygen atoms in total. The second-order valence-electron chi connectivity index (χ2n) is 5.47. The van der Waals surface area contributed by atoms with E-state index in [0.717, 1.165) is 5.57 Å². The smallest absolute Gasteiger partial charge is 0.304 e. The van der Waals surface area contributed by atoms with Gasteiger partial charge in [0.25, 0.3) is 0 Å². The van der Waals surface area contributed by atoms with Gasteiger partial charge in [0.15, 0.2) is 6.23 Å². The fourth-order valence-corrected chi connectivity index (χ4v) is 3.07. The third kappa shape index (κ3) is 4.42. The van der Waals surface area contributed by atoms with Crippen LogP contribution >= 0.6 is 11.8 Å². The molecule has 1 aliphatic heterocycles. The van der Waals surface area contributed by atoms with Crippen LogP contribution < -0.4 is 0 Å². The Bertz CT molecular complexity index is 423. The van der Waals surface area contributed by atoms with E-state index in [1.165, 1.54) is 18.7 Å². The molecule has 1 rings (SSSR count). The number of nitrogens with zero attached hydrogens (tertiary/aromatic N) is 1. The Hall–Kier alpha value is -1.23. The first kappa shape index (κ1) is 15.8. The molecule has 0 bridgehead atoms. The number of carbonyl (C=O) groups excluding carboxylic acids is 2. The molecule has 106 valence electrons. The van der Waals surface area contributed by atoms with Gasteiger partial charge >= 0.3 is 5.97 Å². The quantitative estimate of drug-likeness (QED) is 0.731. The van der Waals surface area contributed by atoms with E-state index in [0.29, 0.717) is 0 Å². The predicted octanol–water partition coefficient (Wildman–Crippen LogP) is 2.71. The largest absolute Gasteiger partial charge is 0.440 e. The lowest BCUT2D eigenvalue weighted by Crippen LogP contribution is -2.48. The molecule has 0 unspecified atom stereocenters. The third-order valence-corrected chi connectivity index (χ3v) is 3.98. The molecule has 0 aromatic carbocycles. The second-order valence-corrected chi connectivity index (χ2v) is 7.44. The number of ether oxygens (including phenoxy) is 1. The van der Waals surface area contributed by atoms with E-state index < -0.39 is 12.2 Å². The highest BCUT2D eigenvalue weighted by Gasteiger charge is 2.37. The van der Waals surface area contributed by atoms with E-state index in [2.05, 4.69) is 27.4 Å². The monoisotopic (exact) mass is 283 g/mol. The number of esters is 1. The standard InChI is InChI=1S/C14H21NO3S/c1-9-7-8-15(10(2)16)13(18-11(3)17)12(9)19-14(4,5)6/h7-8,12-13H,1H2,2-6H3/t12-,13-/m0/s1. The van der Waals surface area contributed by atoms with Crippen molar-refractivity contribution in [1.29, 1.82) is 0 Å². The van der Waals surface area contributed by atoms with Gasteiger partial charge in [0, 0.05) is 24.8 Å². The molecule has 1 aliphatic rings. The Morgan fingerprint density at radius 2 is 1.95 bits per heavy atom. The summed E-state index contributed by atoms with van der Waals surface area (Å²) in [4.78, 5) is 24.4.